The average Bonchev–Trinajstić information content (AvgIpc) is 3.12. The molecule has 0 unspecified atom stereocenters. The summed E-state index contributed by atoms with van der Waals surface area (Å²) in [4.78, 5) is 11.4. The molecule has 0 aliphatic heterocycles. The van der Waals surface area contributed by atoms with E-state index >= 15 is 0 Å². The molecule has 0 aliphatic carbocycles. The van der Waals surface area contributed by atoms with Crippen molar-refractivity contribution in [3.63, 3.8) is 0 Å². The van der Waals surface area contributed by atoms with E-state index in [-0.39, 0.29) is 11.8 Å². The Hall–Kier alpha value is -3.36. The number of alkyl halides is 3. The standard InChI is InChI=1S/C19H16F3N3O3/c1-18(2,17(26)27)16-25-24-15(28-16)13-5-3-4-6-14(13)23-12-9-7-11(8-10-12)19(20,21)22/h3-10,23H,1-2H3,(H,26,27). The first kappa shape index (κ1) is 19.4. The highest BCUT2D eigenvalue weighted by atomic mass is 19.4. The van der Waals surface area contributed by atoms with Crippen molar-refractivity contribution in [1.82, 2.24) is 10.2 Å². The largest absolute Gasteiger partial charge is 0.480 e. The summed E-state index contributed by atoms with van der Waals surface area (Å²) in [6, 6.07) is 11.4. The van der Waals surface area contributed by atoms with Crippen molar-refractivity contribution in [3.05, 3.63) is 60.0 Å². The zero-order valence-electron chi connectivity index (χ0n) is 14.9. The van der Waals surface area contributed by atoms with Crippen LogP contribution in [0.4, 0.5) is 24.5 Å². The van der Waals surface area contributed by atoms with Crippen LogP contribution >= 0.6 is 0 Å². The van der Waals surface area contributed by atoms with Crippen LogP contribution < -0.4 is 5.32 Å². The second kappa shape index (κ2) is 6.99. The number of anilines is 2. The van der Waals surface area contributed by atoms with Crippen molar-refractivity contribution in [2.24, 2.45) is 0 Å². The van der Waals surface area contributed by atoms with Gasteiger partial charge in [0.15, 0.2) is 0 Å². The minimum atomic E-state index is -4.41. The Morgan fingerprint density at radius 1 is 1.04 bits per heavy atom. The van der Waals surface area contributed by atoms with Gasteiger partial charge >= 0.3 is 12.1 Å². The van der Waals surface area contributed by atoms with Crippen molar-refractivity contribution < 1.29 is 27.5 Å². The van der Waals surface area contributed by atoms with Gasteiger partial charge in [-0.15, -0.1) is 10.2 Å². The second-order valence-corrected chi connectivity index (χ2v) is 6.59. The van der Waals surface area contributed by atoms with Gasteiger partial charge in [-0.2, -0.15) is 13.2 Å². The molecule has 6 nitrogen and oxygen atoms in total. The van der Waals surface area contributed by atoms with E-state index in [1.54, 1.807) is 24.3 Å². The van der Waals surface area contributed by atoms with E-state index in [0.717, 1.165) is 12.1 Å². The zero-order chi connectivity index (χ0) is 20.5. The van der Waals surface area contributed by atoms with Gasteiger partial charge in [0.2, 0.25) is 11.8 Å². The number of aliphatic carboxylic acids is 1. The maximum Gasteiger partial charge on any atom is 0.416 e. The molecule has 1 heterocycles. The van der Waals surface area contributed by atoms with E-state index in [9.17, 15) is 23.1 Å². The van der Waals surface area contributed by atoms with Crippen LogP contribution in [-0.4, -0.2) is 21.3 Å². The quantitative estimate of drug-likeness (QED) is 0.646. The molecule has 28 heavy (non-hydrogen) atoms. The molecule has 0 aliphatic rings. The molecule has 0 radical (unpaired) electrons. The SMILES string of the molecule is CC(C)(C(=O)O)c1nnc(-c2ccccc2Nc2ccc(C(F)(F)F)cc2)o1. The molecule has 3 aromatic rings. The van der Waals surface area contributed by atoms with E-state index in [4.69, 9.17) is 4.42 Å². The molecule has 2 aromatic carbocycles. The number of benzene rings is 2. The highest BCUT2D eigenvalue weighted by Crippen LogP contribution is 2.33. The average molecular weight is 391 g/mol. The third kappa shape index (κ3) is 3.83. The summed E-state index contributed by atoms with van der Waals surface area (Å²) in [6.45, 7) is 2.89. The van der Waals surface area contributed by atoms with E-state index in [1.165, 1.54) is 26.0 Å². The topological polar surface area (TPSA) is 88.2 Å². The van der Waals surface area contributed by atoms with Gasteiger partial charge in [-0.05, 0) is 50.2 Å². The molecule has 0 atom stereocenters. The summed E-state index contributed by atoms with van der Waals surface area (Å²) in [5.41, 5.74) is -0.663. The van der Waals surface area contributed by atoms with E-state index < -0.39 is 23.1 Å². The van der Waals surface area contributed by atoms with Gasteiger partial charge in [0, 0.05) is 5.69 Å². The van der Waals surface area contributed by atoms with Crippen LogP contribution in [0.25, 0.3) is 11.5 Å². The summed E-state index contributed by atoms with van der Waals surface area (Å²) in [7, 11) is 0. The molecule has 0 saturated carbocycles. The third-order valence-electron chi connectivity index (χ3n) is 4.14. The predicted octanol–water partition coefficient (Wildman–Crippen LogP) is 4.86. The van der Waals surface area contributed by atoms with Gasteiger partial charge in [-0.3, -0.25) is 4.79 Å². The number of aromatic nitrogens is 2. The maximum absolute atomic E-state index is 12.7. The molecule has 3 rings (SSSR count). The van der Waals surface area contributed by atoms with Gasteiger partial charge in [-0.1, -0.05) is 12.1 Å². The predicted molar refractivity (Wildman–Crippen MR) is 95.1 cm³/mol. The van der Waals surface area contributed by atoms with Gasteiger partial charge in [-0.25, -0.2) is 0 Å². The molecular formula is C19H16F3N3O3. The number of rotatable bonds is 5. The Labute approximate surface area is 158 Å². The molecule has 0 bridgehead atoms. The number of carbonyl (C=O) groups is 1. The molecule has 146 valence electrons. The Balaban J connectivity index is 1.90. The lowest BCUT2D eigenvalue weighted by molar-refractivity contribution is -0.143. The summed E-state index contributed by atoms with van der Waals surface area (Å²) in [5, 5.41) is 20.0. The smallest absolute Gasteiger partial charge is 0.416 e. The van der Waals surface area contributed by atoms with Gasteiger partial charge in [0.05, 0.1) is 16.8 Å². The summed E-state index contributed by atoms with van der Waals surface area (Å²) in [6.07, 6.45) is -4.41. The molecular weight excluding hydrogens is 375 g/mol. The lowest BCUT2D eigenvalue weighted by Gasteiger charge is -2.13. The van der Waals surface area contributed by atoms with Crippen LogP contribution in [0.2, 0.25) is 0 Å². The van der Waals surface area contributed by atoms with Gasteiger partial charge in [0.25, 0.3) is 0 Å². The first-order valence-electron chi connectivity index (χ1n) is 8.20. The molecule has 0 fully saturated rings. The Morgan fingerprint density at radius 2 is 1.68 bits per heavy atom. The van der Waals surface area contributed by atoms with Crippen LogP contribution in [0.1, 0.15) is 25.3 Å². The van der Waals surface area contributed by atoms with Crippen LogP contribution in [0, 0.1) is 0 Å². The van der Waals surface area contributed by atoms with Crippen molar-refractivity contribution >= 4 is 17.3 Å². The highest BCUT2D eigenvalue weighted by molar-refractivity contribution is 5.79. The summed E-state index contributed by atoms with van der Waals surface area (Å²) < 4.78 is 43.6. The highest BCUT2D eigenvalue weighted by Gasteiger charge is 2.36. The van der Waals surface area contributed by atoms with Crippen LogP contribution in [0.5, 0.6) is 0 Å². The number of hydrogen-bond donors (Lipinski definition) is 2. The monoisotopic (exact) mass is 391 g/mol. The number of carboxylic acids is 1. The maximum atomic E-state index is 12.7. The number of nitrogens with zero attached hydrogens (tertiary/aromatic N) is 2. The van der Waals surface area contributed by atoms with Crippen molar-refractivity contribution in [1.29, 1.82) is 0 Å². The van der Waals surface area contributed by atoms with E-state index in [2.05, 4.69) is 15.5 Å². The van der Waals surface area contributed by atoms with Gasteiger partial charge < -0.3 is 14.8 Å². The Bertz CT molecular complexity index is 995. The first-order valence-corrected chi connectivity index (χ1v) is 8.20. The third-order valence-corrected chi connectivity index (χ3v) is 4.14. The number of halogens is 3. The number of carboxylic acid groups (broad SMARTS) is 1. The molecule has 0 spiro atoms. The number of nitrogens with one attached hydrogen (secondary N) is 1. The number of para-hydroxylation sites is 1. The normalized spacial score (nSPS) is 12.0. The second-order valence-electron chi connectivity index (χ2n) is 6.59. The zero-order valence-corrected chi connectivity index (χ0v) is 14.9. The van der Waals surface area contributed by atoms with Crippen LogP contribution in [0.15, 0.2) is 52.9 Å². The molecule has 0 amide bonds. The lowest BCUT2D eigenvalue weighted by atomic mass is 9.94. The molecule has 2 N–H and O–H groups in total. The lowest BCUT2D eigenvalue weighted by Crippen LogP contribution is -2.28. The number of hydrogen-bond acceptors (Lipinski definition) is 5. The van der Waals surface area contributed by atoms with Crippen LogP contribution in [-0.2, 0) is 16.4 Å². The van der Waals surface area contributed by atoms with Crippen LogP contribution in [0.3, 0.4) is 0 Å². The van der Waals surface area contributed by atoms with Crippen molar-refractivity contribution in [3.8, 4) is 11.5 Å². The fourth-order valence-corrected chi connectivity index (χ4v) is 2.35. The minimum Gasteiger partial charge on any atom is -0.480 e. The minimum absolute atomic E-state index is 0.0562. The fourth-order valence-electron chi connectivity index (χ4n) is 2.35. The van der Waals surface area contributed by atoms with Crippen molar-refractivity contribution in [2.75, 3.05) is 5.32 Å². The van der Waals surface area contributed by atoms with Crippen molar-refractivity contribution in [2.45, 2.75) is 25.4 Å². The fraction of sp³-hybridized carbons (Fsp3) is 0.211. The molecule has 9 heteroatoms. The summed E-state index contributed by atoms with van der Waals surface area (Å²) in [5.74, 6) is -1.07. The molecule has 1 aromatic heterocycles. The van der Waals surface area contributed by atoms with E-state index in [1.807, 2.05) is 0 Å². The molecule has 0 saturated heterocycles. The Morgan fingerprint density at radius 3 is 2.29 bits per heavy atom. The Kier molecular flexibility index (Phi) is 4.84. The van der Waals surface area contributed by atoms with Gasteiger partial charge in [0.1, 0.15) is 5.41 Å². The van der Waals surface area contributed by atoms with E-state index in [0.29, 0.717) is 16.9 Å². The summed E-state index contributed by atoms with van der Waals surface area (Å²) >= 11 is 0. The first-order chi connectivity index (χ1) is 13.1.